The molecule has 114 valence electrons. The first-order chi connectivity index (χ1) is 9.70. The molecule has 0 fully saturated rings. The second kappa shape index (κ2) is 5.57. The van der Waals surface area contributed by atoms with E-state index < -0.39 is 10.0 Å². The van der Waals surface area contributed by atoms with Crippen molar-refractivity contribution in [3.05, 3.63) is 29.3 Å². The van der Waals surface area contributed by atoms with E-state index in [2.05, 4.69) is 10.2 Å². The Hall–Kier alpha value is -1.73. The van der Waals surface area contributed by atoms with Gasteiger partial charge in [0.1, 0.15) is 0 Å². The number of nitrogens with zero attached hydrogens (tertiary/aromatic N) is 3. The zero-order valence-electron chi connectivity index (χ0n) is 12.7. The van der Waals surface area contributed by atoms with Gasteiger partial charge in [0.05, 0.1) is 0 Å². The third-order valence-corrected chi connectivity index (χ3v) is 3.95. The Morgan fingerprint density at radius 1 is 1.24 bits per heavy atom. The van der Waals surface area contributed by atoms with E-state index in [1.165, 1.54) is 0 Å². The Balaban J connectivity index is 2.66. The smallest absolute Gasteiger partial charge is 0.273 e. The summed E-state index contributed by atoms with van der Waals surface area (Å²) < 4.78 is 24.9. The van der Waals surface area contributed by atoms with Crippen molar-refractivity contribution >= 4 is 10.0 Å². The number of sulfonamides is 1. The minimum absolute atomic E-state index is 0.189. The quantitative estimate of drug-likeness (QED) is 0.933. The Bertz CT molecular complexity index is 763. The first-order valence-electron chi connectivity index (χ1n) is 6.73. The van der Waals surface area contributed by atoms with Crippen molar-refractivity contribution < 1.29 is 8.42 Å². The van der Waals surface area contributed by atoms with Crippen molar-refractivity contribution in [2.45, 2.75) is 39.4 Å². The van der Waals surface area contributed by atoms with Gasteiger partial charge in [0.25, 0.3) is 15.2 Å². The normalized spacial score (nSPS) is 12.1. The molecule has 1 aromatic carbocycles. The second-order valence-electron chi connectivity index (χ2n) is 5.67. The molecule has 0 aliphatic rings. The van der Waals surface area contributed by atoms with Gasteiger partial charge in [-0.15, -0.1) is 10.2 Å². The van der Waals surface area contributed by atoms with Crippen LogP contribution in [0.2, 0.25) is 0 Å². The molecule has 0 spiro atoms. The summed E-state index contributed by atoms with van der Waals surface area (Å²) in [7, 11) is -3.90. The van der Waals surface area contributed by atoms with Gasteiger partial charge in [-0.2, -0.15) is 0 Å². The van der Waals surface area contributed by atoms with Gasteiger partial charge in [-0.05, 0) is 25.3 Å². The van der Waals surface area contributed by atoms with Crippen LogP contribution in [0.15, 0.2) is 23.4 Å². The highest BCUT2D eigenvalue weighted by atomic mass is 32.2. The summed E-state index contributed by atoms with van der Waals surface area (Å²) in [6.07, 6.45) is 0. The van der Waals surface area contributed by atoms with Crippen LogP contribution < -0.4 is 5.14 Å². The van der Waals surface area contributed by atoms with Crippen LogP contribution in [0.25, 0.3) is 11.4 Å². The maximum absolute atomic E-state index is 11.7. The molecule has 0 saturated carbocycles. The molecule has 1 aromatic heterocycles. The number of hydrogen-bond donors (Lipinski definition) is 1. The fourth-order valence-corrected chi connectivity index (χ4v) is 2.92. The average Bonchev–Trinajstić information content (AvgIpc) is 2.71. The third kappa shape index (κ3) is 3.30. The largest absolute Gasteiger partial charge is 0.296 e. The Kier molecular flexibility index (Phi) is 4.15. The van der Waals surface area contributed by atoms with Crippen LogP contribution in [0.5, 0.6) is 0 Å². The van der Waals surface area contributed by atoms with Gasteiger partial charge in [0.15, 0.2) is 5.82 Å². The second-order valence-corrected chi connectivity index (χ2v) is 7.13. The number of hydrogen-bond acceptors (Lipinski definition) is 4. The van der Waals surface area contributed by atoms with E-state index in [1.54, 1.807) is 4.57 Å². The molecular formula is C14H20N4O2S. The van der Waals surface area contributed by atoms with E-state index >= 15 is 0 Å². The molecule has 21 heavy (non-hydrogen) atoms. The fraction of sp³-hybridized carbons (Fsp3) is 0.429. The van der Waals surface area contributed by atoms with E-state index in [0.29, 0.717) is 12.4 Å². The number of primary sulfonamides is 1. The molecule has 0 saturated heterocycles. The first kappa shape index (κ1) is 15.7. The molecule has 0 bridgehead atoms. The highest BCUT2D eigenvalue weighted by molar-refractivity contribution is 7.89. The van der Waals surface area contributed by atoms with Crippen molar-refractivity contribution in [3.63, 3.8) is 0 Å². The van der Waals surface area contributed by atoms with Crippen molar-refractivity contribution in [1.29, 1.82) is 0 Å². The predicted molar refractivity (Wildman–Crippen MR) is 81.1 cm³/mol. The lowest BCUT2D eigenvalue weighted by Crippen LogP contribution is -2.20. The van der Waals surface area contributed by atoms with E-state index in [4.69, 9.17) is 5.14 Å². The lowest BCUT2D eigenvalue weighted by atomic mass is 10.1. The Morgan fingerprint density at radius 3 is 2.43 bits per heavy atom. The van der Waals surface area contributed by atoms with Crippen LogP contribution in [-0.2, 0) is 16.6 Å². The van der Waals surface area contributed by atoms with Gasteiger partial charge < -0.3 is 0 Å². The summed E-state index contributed by atoms with van der Waals surface area (Å²) in [5.41, 5.74) is 3.02. The van der Waals surface area contributed by atoms with Crippen LogP contribution in [-0.4, -0.2) is 23.2 Å². The molecule has 0 aliphatic heterocycles. The lowest BCUT2D eigenvalue weighted by Gasteiger charge is -2.13. The third-order valence-electron chi connectivity index (χ3n) is 3.14. The molecule has 0 unspecified atom stereocenters. The average molecular weight is 308 g/mol. The highest BCUT2D eigenvalue weighted by Gasteiger charge is 2.23. The van der Waals surface area contributed by atoms with Gasteiger partial charge in [0, 0.05) is 12.1 Å². The molecule has 2 aromatic rings. The molecule has 0 amide bonds. The van der Waals surface area contributed by atoms with Crippen LogP contribution in [0.4, 0.5) is 0 Å². The molecule has 2 N–H and O–H groups in total. The Morgan fingerprint density at radius 2 is 1.90 bits per heavy atom. The summed E-state index contributed by atoms with van der Waals surface area (Å²) in [6, 6.07) is 5.92. The number of aryl methyl sites for hydroxylation is 2. The van der Waals surface area contributed by atoms with Crippen molar-refractivity contribution in [2.24, 2.45) is 11.1 Å². The summed E-state index contributed by atoms with van der Waals surface area (Å²) in [4.78, 5) is 0. The monoisotopic (exact) mass is 308 g/mol. The molecule has 1 heterocycles. The van der Waals surface area contributed by atoms with Gasteiger partial charge >= 0.3 is 0 Å². The zero-order valence-corrected chi connectivity index (χ0v) is 13.5. The molecule has 0 aliphatic carbocycles. The number of nitrogens with two attached hydrogens (primary N) is 1. The number of rotatable bonds is 4. The van der Waals surface area contributed by atoms with Crippen molar-refractivity contribution in [1.82, 2.24) is 14.8 Å². The molecule has 7 heteroatoms. The van der Waals surface area contributed by atoms with Crippen LogP contribution in [0.1, 0.15) is 25.0 Å². The molecular weight excluding hydrogens is 288 g/mol. The van der Waals surface area contributed by atoms with Gasteiger partial charge in [-0.3, -0.25) is 4.57 Å². The van der Waals surface area contributed by atoms with Crippen LogP contribution in [0.3, 0.4) is 0 Å². The highest BCUT2D eigenvalue weighted by Crippen LogP contribution is 2.25. The summed E-state index contributed by atoms with van der Waals surface area (Å²) in [5.74, 6) is 0.774. The maximum atomic E-state index is 11.7. The van der Waals surface area contributed by atoms with E-state index in [0.717, 1.165) is 16.7 Å². The number of benzene rings is 1. The predicted octanol–water partition coefficient (Wildman–Crippen LogP) is 1.87. The van der Waals surface area contributed by atoms with Crippen molar-refractivity contribution in [2.75, 3.05) is 0 Å². The van der Waals surface area contributed by atoms with Gasteiger partial charge in [0.2, 0.25) is 0 Å². The van der Waals surface area contributed by atoms with E-state index in [1.807, 2.05) is 45.9 Å². The van der Waals surface area contributed by atoms with E-state index in [-0.39, 0.29) is 11.1 Å². The molecule has 0 atom stereocenters. The van der Waals surface area contributed by atoms with Gasteiger partial charge in [-0.1, -0.05) is 37.6 Å². The van der Waals surface area contributed by atoms with E-state index in [9.17, 15) is 8.42 Å². The minimum atomic E-state index is -3.90. The molecule has 6 nitrogen and oxygen atoms in total. The topological polar surface area (TPSA) is 90.9 Å². The summed E-state index contributed by atoms with van der Waals surface area (Å²) >= 11 is 0. The van der Waals surface area contributed by atoms with Crippen LogP contribution in [0, 0.1) is 19.8 Å². The maximum Gasteiger partial charge on any atom is 0.273 e. The number of aromatic nitrogens is 3. The first-order valence-corrected chi connectivity index (χ1v) is 8.28. The summed E-state index contributed by atoms with van der Waals surface area (Å²) in [5, 5.41) is 12.9. The Labute approximate surface area is 125 Å². The molecule has 0 radical (unpaired) electrons. The summed E-state index contributed by atoms with van der Waals surface area (Å²) in [6.45, 7) is 8.46. The zero-order chi connectivity index (χ0) is 15.8. The van der Waals surface area contributed by atoms with Crippen LogP contribution >= 0.6 is 0 Å². The SMILES string of the molecule is Cc1ccc(-c2nnc(S(N)(=O)=O)n2CC(C)C)c(C)c1. The lowest BCUT2D eigenvalue weighted by molar-refractivity contribution is 0.486. The fourth-order valence-electron chi connectivity index (χ4n) is 2.29. The standard InChI is InChI=1S/C14H20N4O2S/c1-9(2)8-18-13(16-17-14(18)21(15,19)20)12-6-5-10(3)7-11(12)4/h5-7,9H,8H2,1-4H3,(H2,15,19,20). The van der Waals surface area contributed by atoms with Gasteiger partial charge in [-0.25, -0.2) is 13.6 Å². The van der Waals surface area contributed by atoms with Crippen molar-refractivity contribution in [3.8, 4) is 11.4 Å². The molecule has 2 rings (SSSR count). The minimum Gasteiger partial charge on any atom is -0.296 e.